The van der Waals surface area contributed by atoms with Gasteiger partial charge in [0.05, 0.1) is 18.5 Å². The monoisotopic (exact) mass is 355 g/mol. The van der Waals surface area contributed by atoms with Gasteiger partial charge < -0.3 is 20.5 Å². The van der Waals surface area contributed by atoms with Crippen molar-refractivity contribution in [3.05, 3.63) is 53.7 Å². The van der Waals surface area contributed by atoms with Gasteiger partial charge >= 0.3 is 12.2 Å². The van der Waals surface area contributed by atoms with Crippen molar-refractivity contribution in [1.29, 1.82) is 0 Å². The van der Waals surface area contributed by atoms with E-state index >= 15 is 0 Å². The average molecular weight is 355 g/mol. The molecule has 0 radical (unpaired) electrons. The topological polar surface area (TPSA) is 83.5 Å². The summed E-state index contributed by atoms with van der Waals surface area (Å²) >= 11 is 0. The van der Waals surface area contributed by atoms with Gasteiger partial charge in [-0.2, -0.15) is 13.2 Å². The van der Waals surface area contributed by atoms with Crippen LogP contribution in [0.1, 0.15) is 11.1 Å². The normalized spacial score (nSPS) is 11.0. The molecule has 6 nitrogen and oxygen atoms in total. The number of amides is 2. The van der Waals surface area contributed by atoms with Crippen LogP contribution in [0.25, 0.3) is 0 Å². The number of carbonyl (C=O) groups is 1. The van der Waals surface area contributed by atoms with E-state index in [9.17, 15) is 23.1 Å². The number of aliphatic hydroxyl groups is 1. The number of hydrogen-bond donors (Lipinski definition) is 3. The lowest BCUT2D eigenvalue weighted by Gasteiger charge is -2.11. The van der Waals surface area contributed by atoms with Gasteiger partial charge in [-0.3, -0.25) is 0 Å². The van der Waals surface area contributed by atoms with Crippen molar-refractivity contribution >= 4 is 11.7 Å². The molecular formula is C16H16F3N3O3. The summed E-state index contributed by atoms with van der Waals surface area (Å²) in [6.07, 6.45) is -3.25. The molecule has 0 saturated heterocycles. The molecule has 9 heteroatoms. The summed E-state index contributed by atoms with van der Waals surface area (Å²) in [7, 11) is 0. The molecule has 0 saturated carbocycles. The number of nitrogens with one attached hydrogen (secondary N) is 2. The van der Waals surface area contributed by atoms with E-state index < -0.39 is 18.8 Å². The first-order chi connectivity index (χ1) is 11.9. The quantitative estimate of drug-likeness (QED) is 0.744. The van der Waals surface area contributed by atoms with E-state index in [1.165, 1.54) is 18.3 Å². The van der Waals surface area contributed by atoms with Crippen LogP contribution in [0.2, 0.25) is 0 Å². The zero-order valence-corrected chi connectivity index (χ0v) is 13.0. The van der Waals surface area contributed by atoms with Crippen molar-refractivity contribution in [1.82, 2.24) is 10.3 Å². The Labute approximate surface area is 141 Å². The maximum absolute atomic E-state index is 12.0. The Kier molecular flexibility index (Phi) is 6.18. The molecule has 0 spiro atoms. The Morgan fingerprint density at radius 1 is 1.16 bits per heavy atom. The molecule has 0 bridgehead atoms. The molecular weight excluding hydrogens is 339 g/mol. The lowest BCUT2D eigenvalue weighted by atomic mass is 10.1. The van der Waals surface area contributed by atoms with E-state index in [-0.39, 0.29) is 19.0 Å². The van der Waals surface area contributed by atoms with Crippen LogP contribution in [0.4, 0.5) is 23.7 Å². The number of anilines is 1. The second-order valence-corrected chi connectivity index (χ2v) is 5.02. The maximum atomic E-state index is 12.0. The van der Waals surface area contributed by atoms with Crippen molar-refractivity contribution in [2.45, 2.75) is 19.3 Å². The van der Waals surface area contributed by atoms with Crippen LogP contribution >= 0.6 is 0 Å². The largest absolute Gasteiger partial charge is 0.468 e. The van der Waals surface area contributed by atoms with E-state index in [1.807, 2.05) is 0 Å². The first kappa shape index (κ1) is 18.5. The number of nitrogens with zero attached hydrogens (tertiary/aromatic N) is 1. The summed E-state index contributed by atoms with van der Waals surface area (Å²) in [5, 5.41) is 14.3. The molecule has 2 rings (SSSR count). The number of ether oxygens (including phenoxy) is 1. The van der Waals surface area contributed by atoms with Gasteiger partial charge in [-0.1, -0.05) is 24.3 Å². The minimum Gasteiger partial charge on any atom is -0.468 e. The standard InChI is InChI=1S/C16H16F3N3O3/c17-16(18,19)10-25-14-6-5-13(8-20-14)22-15(24)21-7-11-3-1-2-4-12(11)9-23/h1-6,8,23H,7,9-10H2,(H2,21,22,24). The van der Waals surface area contributed by atoms with Gasteiger partial charge in [-0.05, 0) is 17.2 Å². The molecule has 134 valence electrons. The van der Waals surface area contributed by atoms with E-state index in [0.717, 1.165) is 5.56 Å². The summed E-state index contributed by atoms with van der Waals surface area (Å²) in [6.45, 7) is -1.36. The summed E-state index contributed by atoms with van der Waals surface area (Å²) < 4.78 is 40.6. The van der Waals surface area contributed by atoms with Crippen LogP contribution in [-0.2, 0) is 13.2 Å². The lowest BCUT2D eigenvalue weighted by molar-refractivity contribution is -0.154. The first-order valence-electron chi connectivity index (χ1n) is 7.25. The number of hydrogen-bond acceptors (Lipinski definition) is 4. The second kappa shape index (κ2) is 8.34. The van der Waals surface area contributed by atoms with Gasteiger partial charge in [0.2, 0.25) is 5.88 Å². The van der Waals surface area contributed by atoms with Gasteiger partial charge in [0, 0.05) is 12.6 Å². The molecule has 3 N–H and O–H groups in total. The number of aliphatic hydroxyl groups excluding tert-OH is 1. The highest BCUT2D eigenvalue weighted by molar-refractivity contribution is 5.89. The fourth-order valence-corrected chi connectivity index (χ4v) is 1.93. The van der Waals surface area contributed by atoms with E-state index in [1.54, 1.807) is 24.3 Å². The molecule has 1 heterocycles. The molecule has 0 atom stereocenters. The molecule has 2 aromatic rings. The molecule has 0 unspecified atom stereocenters. The third-order valence-corrected chi connectivity index (χ3v) is 3.11. The van der Waals surface area contributed by atoms with Crippen molar-refractivity contribution in [3.8, 4) is 5.88 Å². The van der Waals surface area contributed by atoms with Crippen molar-refractivity contribution in [3.63, 3.8) is 0 Å². The minimum absolute atomic E-state index is 0.136. The average Bonchev–Trinajstić information content (AvgIpc) is 2.59. The summed E-state index contributed by atoms with van der Waals surface area (Å²) in [6, 6.07) is 9.18. The van der Waals surface area contributed by atoms with Crippen LogP contribution in [0.3, 0.4) is 0 Å². The van der Waals surface area contributed by atoms with Gasteiger partial charge in [-0.25, -0.2) is 9.78 Å². The molecule has 1 aromatic carbocycles. The van der Waals surface area contributed by atoms with Gasteiger partial charge in [-0.15, -0.1) is 0 Å². The summed E-state index contributed by atoms with van der Waals surface area (Å²) in [4.78, 5) is 15.5. The number of rotatable bonds is 6. The van der Waals surface area contributed by atoms with Crippen molar-refractivity contribution < 1.29 is 27.8 Å². The number of halogens is 3. The Bertz CT molecular complexity index is 706. The molecule has 2 amide bonds. The highest BCUT2D eigenvalue weighted by atomic mass is 19.4. The van der Waals surface area contributed by atoms with Crippen LogP contribution in [0, 0.1) is 0 Å². The van der Waals surface area contributed by atoms with Crippen LogP contribution < -0.4 is 15.4 Å². The Hall–Kier alpha value is -2.81. The van der Waals surface area contributed by atoms with E-state index in [4.69, 9.17) is 0 Å². The molecule has 25 heavy (non-hydrogen) atoms. The number of urea groups is 1. The number of pyridine rings is 1. The van der Waals surface area contributed by atoms with Gasteiger partial charge in [0.15, 0.2) is 6.61 Å². The smallest absolute Gasteiger partial charge is 0.422 e. The Balaban J connectivity index is 1.84. The summed E-state index contributed by atoms with van der Waals surface area (Å²) in [5.74, 6) is -0.194. The highest BCUT2D eigenvalue weighted by Gasteiger charge is 2.28. The lowest BCUT2D eigenvalue weighted by Crippen LogP contribution is -2.28. The van der Waals surface area contributed by atoms with Crippen molar-refractivity contribution in [2.75, 3.05) is 11.9 Å². The van der Waals surface area contributed by atoms with Gasteiger partial charge in [0.25, 0.3) is 0 Å². The second-order valence-electron chi connectivity index (χ2n) is 5.02. The Morgan fingerprint density at radius 3 is 2.48 bits per heavy atom. The molecule has 0 aliphatic rings. The zero-order chi connectivity index (χ0) is 18.3. The third kappa shape index (κ3) is 6.30. The SMILES string of the molecule is O=C(NCc1ccccc1CO)Nc1ccc(OCC(F)(F)F)nc1. The van der Waals surface area contributed by atoms with Crippen LogP contribution in [0.5, 0.6) is 5.88 Å². The zero-order valence-electron chi connectivity index (χ0n) is 13.0. The highest BCUT2D eigenvalue weighted by Crippen LogP contribution is 2.18. The number of benzene rings is 1. The number of carbonyl (C=O) groups excluding carboxylic acids is 1. The number of alkyl halides is 3. The maximum Gasteiger partial charge on any atom is 0.422 e. The molecule has 0 aliphatic heterocycles. The molecule has 0 aliphatic carbocycles. The van der Waals surface area contributed by atoms with E-state index in [0.29, 0.717) is 11.3 Å². The fraction of sp³-hybridized carbons (Fsp3) is 0.250. The van der Waals surface area contributed by atoms with Crippen molar-refractivity contribution in [2.24, 2.45) is 0 Å². The predicted octanol–water partition coefficient (Wildman–Crippen LogP) is 2.84. The Morgan fingerprint density at radius 2 is 1.88 bits per heavy atom. The first-order valence-corrected chi connectivity index (χ1v) is 7.25. The fourth-order valence-electron chi connectivity index (χ4n) is 1.93. The van der Waals surface area contributed by atoms with Gasteiger partial charge in [0.1, 0.15) is 0 Å². The minimum atomic E-state index is -4.44. The molecule has 1 aromatic heterocycles. The van der Waals surface area contributed by atoms with Crippen LogP contribution in [-0.4, -0.2) is 28.9 Å². The molecule has 0 fully saturated rings. The van der Waals surface area contributed by atoms with E-state index in [2.05, 4.69) is 20.4 Å². The number of aromatic nitrogens is 1. The predicted molar refractivity (Wildman–Crippen MR) is 84.0 cm³/mol. The van der Waals surface area contributed by atoms with Crippen LogP contribution in [0.15, 0.2) is 42.6 Å². The summed E-state index contributed by atoms with van der Waals surface area (Å²) in [5.41, 5.74) is 1.78. The third-order valence-electron chi connectivity index (χ3n) is 3.11.